The van der Waals surface area contributed by atoms with Gasteiger partial charge >= 0.3 is 0 Å². The Morgan fingerprint density at radius 2 is 2.00 bits per heavy atom. The van der Waals surface area contributed by atoms with Gasteiger partial charge in [-0.3, -0.25) is 4.68 Å². The topological polar surface area (TPSA) is 64.0 Å². The fourth-order valence-electron chi connectivity index (χ4n) is 2.68. The first kappa shape index (κ1) is 18.3. The summed E-state index contributed by atoms with van der Waals surface area (Å²) in [5.74, 6) is 0. The number of rotatable bonds is 6. The molecule has 132 valence electrons. The van der Waals surface area contributed by atoms with E-state index in [0.29, 0.717) is 4.47 Å². The zero-order chi connectivity index (χ0) is 18.0. The molecule has 0 radical (unpaired) electrons. The maximum atomic E-state index is 12.7. The maximum absolute atomic E-state index is 12.7. The summed E-state index contributed by atoms with van der Waals surface area (Å²) >= 11 is 4.89. The van der Waals surface area contributed by atoms with Crippen LogP contribution in [0, 0.1) is 13.8 Å². The van der Waals surface area contributed by atoms with Crippen molar-refractivity contribution in [1.82, 2.24) is 14.5 Å². The van der Waals surface area contributed by atoms with Crippen molar-refractivity contribution in [3.8, 4) is 0 Å². The molecular weight excluding hydrogens is 422 g/mol. The molecule has 1 unspecified atom stereocenters. The first-order valence-electron chi connectivity index (χ1n) is 7.69. The summed E-state index contributed by atoms with van der Waals surface area (Å²) in [5.41, 5.74) is 1.91. The average Bonchev–Trinajstić information content (AvgIpc) is 3.18. The van der Waals surface area contributed by atoms with Crippen molar-refractivity contribution in [2.45, 2.75) is 24.8 Å². The van der Waals surface area contributed by atoms with Gasteiger partial charge in [0.05, 0.1) is 16.6 Å². The lowest BCUT2D eigenvalue weighted by Gasteiger charge is -2.19. The quantitative estimate of drug-likeness (QED) is 0.633. The van der Waals surface area contributed by atoms with E-state index in [-0.39, 0.29) is 17.5 Å². The highest BCUT2D eigenvalue weighted by Crippen LogP contribution is 2.26. The van der Waals surface area contributed by atoms with Gasteiger partial charge in [0, 0.05) is 21.6 Å². The monoisotopic (exact) mass is 439 g/mol. The smallest absolute Gasteiger partial charge is 0.241 e. The number of hydrogen-bond acceptors (Lipinski definition) is 4. The molecule has 5 nitrogen and oxygen atoms in total. The molecule has 0 fully saturated rings. The Balaban J connectivity index is 1.90. The third kappa shape index (κ3) is 4.03. The molecule has 0 amide bonds. The van der Waals surface area contributed by atoms with Crippen molar-refractivity contribution >= 4 is 37.3 Å². The van der Waals surface area contributed by atoms with E-state index in [1.54, 1.807) is 35.6 Å². The molecule has 8 heteroatoms. The number of aryl methyl sites for hydroxylation is 2. The molecule has 25 heavy (non-hydrogen) atoms. The molecule has 0 spiro atoms. The third-order valence-electron chi connectivity index (χ3n) is 3.80. The SMILES string of the molecule is Cc1cc(C)n(C(CNS(=O)(=O)c2ccccc2Br)c2cccs2)n1. The van der Waals surface area contributed by atoms with E-state index in [9.17, 15) is 8.42 Å². The van der Waals surface area contributed by atoms with Crippen molar-refractivity contribution in [3.63, 3.8) is 0 Å². The predicted molar refractivity (Wildman–Crippen MR) is 103 cm³/mol. The van der Waals surface area contributed by atoms with Crippen molar-refractivity contribution in [1.29, 1.82) is 0 Å². The van der Waals surface area contributed by atoms with Crippen molar-refractivity contribution < 1.29 is 8.42 Å². The van der Waals surface area contributed by atoms with Crippen LogP contribution in [0.2, 0.25) is 0 Å². The van der Waals surface area contributed by atoms with Gasteiger partial charge in [-0.15, -0.1) is 11.3 Å². The minimum absolute atomic E-state index is 0.189. The molecule has 0 aliphatic heterocycles. The molecule has 0 saturated heterocycles. The second-order valence-electron chi connectivity index (χ2n) is 5.69. The molecule has 1 N–H and O–H groups in total. The third-order valence-corrected chi connectivity index (χ3v) is 7.21. The first-order chi connectivity index (χ1) is 11.9. The summed E-state index contributed by atoms with van der Waals surface area (Å²) in [6.07, 6.45) is 0. The average molecular weight is 440 g/mol. The summed E-state index contributed by atoms with van der Waals surface area (Å²) in [4.78, 5) is 1.29. The summed E-state index contributed by atoms with van der Waals surface area (Å²) in [6.45, 7) is 4.13. The summed E-state index contributed by atoms with van der Waals surface area (Å²) < 4.78 is 30.5. The van der Waals surface area contributed by atoms with Crippen molar-refractivity contribution in [3.05, 3.63) is 68.6 Å². The van der Waals surface area contributed by atoms with Crippen LogP contribution in [0.25, 0.3) is 0 Å². The van der Waals surface area contributed by atoms with Crippen molar-refractivity contribution in [2.24, 2.45) is 0 Å². The fraction of sp³-hybridized carbons (Fsp3) is 0.235. The minimum atomic E-state index is -3.62. The lowest BCUT2D eigenvalue weighted by Crippen LogP contribution is -2.32. The molecule has 0 saturated carbocycles. The number of sulfonamides is 1. The normalized spacial score (nSPS) is 13.1. The van der Waals surface area contributed by atoms with Gasteiger partial charge in [-0.1, -0.05) is 18.2 Å². The molecular formula is C17H18BrN3O2S2. The lowest BCUT2D eigenvalue weighted by atomic mass is 10.2. The summed E-state index contributed by atoms with van der Waals surface area (Å²) in [6, 6.07) is 12.5. The summed E-state index contributed by atoms with van der Waals surface area (Å²) in [5, 5.41) is 6.52. The van der Waals surface area contributed by atoms with Crippen LogP contribution in [-0.2, 0) is 10.0 Å². The Bertz CT molecular complexity index is 966. The van der Waals surface area contributed by atoms with Gasteiger partial charge < -0.3 is 0 Å². The second-order valence-corrected chi connectivity index (χ2v) is 9.25. The zero-order valence-corrected chi connectivity index (χ0v) is 17.0. The molecule has 3 rings (SSSR count). The van der Waals surface area contributed by atoms with Gasteiger partial charge in [-0.05, 0) is 59.4 Å². The van der Waals surface area contributed by atoms with Crippen molar-refractivity contribution in [2.75, 3.05) is 6.54 Å². The zero-order valence-electron chi connectivity index (χ0n) is 13.8. The molecule has 1 aromatic carbocycles. The molecule has 0 bridgehead atoms. The van der Waals surface area contributed by atoms with Crippen LogP contribution in [0.1, 0.15) is 22.3 Å². The molecule has 3 aromatic rings. The number of nitrogens with one attached hydrogen (secondary N) is 1. The first-order valence-corrected chi connectivity index (χ1v) is 10.8. The largest absolute Gasteiger partial charge is 0.260 e. The Labute approximate surface area is 159 Å². The van der Waals surface area contributed by atoms with Gasteiger partial charge in [0.1, 0.15) is 0 Å². The van der Waals surface area contributed by atoms with E-state index in [2.05, 4.69) is 25.8 Å². The van der Waals surface area contributed by atoms with E-state index in [1.165, 1.54) is 0 Å². The van der Waals surface area contributed by atoms with Crippen LogP contribution in [-0.4, -0.2) is 24.7 Å². The van der Waals surface area contributed by atoms with E-state index in [1.807, 2.05) is 42.1 Å². The second kappa shape index (κ2) is 7.41. The van der Waals surface area contributed by atoms with Gasteiger partial charge in [-0.25, -0.2) is 13.1 Å². The molecule has 2 heterocycles. The summed E-state index contributed by atoms with van der Waals surface area (Å²) in [7, 11) is -3.62. The Morgan fingerprint density at radius 1 is 1.24 bits per heavy atom. The highest BCUT2D eigenvalue weighted by Gasteiger charge is 2.23. The minimum Gasteiger partial charge on any atom is -0.260 e. The fourth-order valence-corrected chi connectivity index (χ4v) is 5.53. The number of thiophene rings is 1. The highest BCUT2D eigenvalue weighted by atomic mass is 79.9. The van der Waals surface area contributed by atoms with Crippen LogP contribution in [0.4, 0.5) is 0 Å². The standard InChI is InChI=1S/C17H18BrN3O2S2/c1-12-10-13(2)21(20-12)15(16-7-5-9-24-16)11-19-25(22,23)17-8-4-3-6-14(17)18/h3-10,15,19H,11H2,1-2H3. The number of benzene rings is 1. The number of halogens is 1. The van der Waals surface area contributed by atoms with E-state index < -0.39 is 10.0 Å². The number of nitrogens with zero attached hydrogens (tertiary/aromatic N) is 2. The van der Waals surface area contributed by atoms with Gasteiger partial charge in [0.25, 0.3) is 0 Å². The lowest BCUT2D eigenvalue weighted by molar-refractivity contribution is 0.499. The number of aromatic nitrogens is 2. The van der Waals surface area contributed by atoms with Crippen LogP contribution >= 0.6 is 27.3 Å². The predicted octanol–water partition coefficient (Wildman–Crippen LogP) is 3.89. The van der Waals surface area contributed by atoms with E-state index in [4.69, 9.17) is 0 Å². The van der Waals surface area contributed by atoms with Crippen LogP contribution in [0.5, 0.6) is 0 Å². The Morgan fingerprint density at radius 3 is 2.60 bits per heavy atom. The van der Waals surface area contributed by atoms with Gasteiger partial charge in [0.2, 0.25) is 10.0 Å². The highest BCUT2D eigenvalue weighted by molar-refractivity contribution is 9.10. The Kier molecular flexibility index (Phi) is 5.43. The molecule has 2 aromatic heterocycles. The molecule has 0 aliphatic carbocycles. The molecule has 1 atom stereocenters. The van der Waals surface area contributed by atoms with Crippen LogP contribution < -0.4 is 4.72 Å². The van der Waals surface area contributed by atoms with Crippen LogP contribution in [0.3, 0.4) is 0 Å². The van der Waals surface area contributed by atoms with Gasteiger partial charge in [0.15, 0.2) is 0 Å². The van der Waals surface area contributed by atoms with Crippen LogP contribution in [0.15, 0.2) is 57.2 Å². The van der Waals surface area contributed by atoms with Gasteiger partial charge in [-0.2, -0.15) is 5.10 Å². The number of hydrogen-bond donors (Lipinski definition) is 1. The molecule has 0 aliphatic rings. The maximum Gasteiger partial charge on any atom is 0.241 e. The Hall–Kier alpha value is -1.48. The van der Waals surface area contributed by atoms with E-state index >= 15 is 0 Å². The van der Waals surface area contributed by atoms with E-state index in [0.717, 1.165) is 16.3 Å².